The zero-order valence-electron chi connectivity index (χ0n) is 9.64. The Morgan fingerprint density at radius 1 is 1.44 bits per heavy atom. The van der Waals surface area contributed by atoms with Gasteiger partial charge in [-0.3, -0.25) is 0 Å². The fourth-order valence-corrected chi connectivity index (χ4v) is 1.26. The van der Waals surface area contributed by atoms with Gasteiger partial charge in [0.1, 0.15) is 0 Å². The SMILES string of the molecule is CCOC(=O)/C=C/[C@H](C)Nc1ccccc1. The molecular weight excluding hydrogens is 202 g/mol. The Hall–Kier alpha value is -1.77. The Morgan fingerprint density at radius 2 is 2.12 bits per heavy atom. The van der Waals surface area contributed by atoms with Crippen LogP contribution in [0.1, 0.15) is 13.8 Å². The number of carbonyl (C=O) groups is 1. The van der Waals surface area contributed by atoms with Crippen LogP contribution in [0.2, 0.25) is 0 Å². The summed E-state index contributed by atoms with van der Waals surface area (Å²) in [5, 5.41) is 3.24. The number of carbonyl (C=O) groups excluding carboxylic acids is 1. The van der Waals surface area contributed by atoms with E-state index in [-0.39, 0.29) is 12.0 Å². The summed E-state index contributed by atoms with van der Waals surface area (Å²) >= 11 is 0. The standard InChI is InChI=1S/C13H17NO2/c1-3-16-13(15)10-9-11(2)14-12-7-5-4-6-8-12/h4-11,14H,3H2,1-2H3/b10-9+/t11-/m0/s1. The molecule has 0 aliphatic heterocycles. The summed E-state index contributed by atoms with van der Waals surface area (Å²) in [7, 11) is 0. The third kappa shape index (κ3) is 4.64. The van der Waals surface area contributed by atoms with E-state index in [1.807, 2.05) is 37.3 Å². The average Bonchev–Trinajstić information content (AvgIpc) is 2.28. The number of hydrogen-bond acceptors (Lipinski definition) is 3. The van der Waals surface area contributed by atoms with Crippen molar-refractivity contribution in [2.24, 2.45) is 0 Å². The Balaban J connectivity index is 2.41. The van der Waals surface area contributed by atoms with Gasteiger partial charge in [0.05, 0.1) is 6.61 Å². The second kappa shape index (κ2) is 6.67. The fraction of sp³-hybridized carbons (Fsp3) is 0.308. The van der Waals surface area contributed by atoms with E-state index in [0.717, 1.165) is 5.69 Å². The van der Waals surface area contributed by atoms with Crippen LogP contribution >= 0.6 is 0 Å². The molecule has 16 heavy (non-hydrogen) atoms. The highest BCUT2D eigenvalue weighted by atomic mass is 16.5. The molecule has 1 aromatic carbocycles. The van der Waals surface area contributed by atoms with Gasteiger partial charge in [-0.15, -0.1) is 0 Å². The summed E-state index contributed by atoms with van der Waals surface area (Å²) in [6.07, 6.45) is 3.23. The molecule has 0 aliphatic carbocycles. The van der Waals surface area contributed by atoms with E-state index in [9.17, 15) is 4.79 Å². The molecule has 1 aromatic rings. The number of anilines is 1. The molecule has 0 aliphatic rings. The van der Waals surface area contributed by atoms with Crippen molar-refractivity contribution in [3.05, 3.63) is 42.5 Å². The fourth-order valence-electron chi connectivity index (χ4n) is 1.26. The minimum absolute atomic E-state index is 0.0896. The summed E-state index contributed by atoms with van der Waals surface area (Å²) in [5.41, 5.74) is 1.03. The van der Waals surface area contributed by atoms with E-state index < -0.39 is 0 Å². The normalized spacial score (nSPS) is 12.4. The maximum atomic E-state index is 11.1. The predicted molar refractivity (Wildman–Crippen MR) is 65.3 cm³/mol. The number of nitrogens with one attached hydrogen (secondary N) is 1. The summed E-state index contributed by atoms with van der Waals surface area (Å²) in [6.45, 7) is 4.17. The largest absolute Gasteiger partial charge is 0.463 e. The van der Waals surface area contributed by atoms with Gasteiger partial charge in [-0.1, -0.05) is 24.3 Å². The van der Waals surface area contributed by atoms with Crippen LogP contribution in [-0.4, -0.2) is 18.6 Å². The second-order valence-electron chi connectivity index (χ2n) is 3.41. The third-order valence-corrected chi connectivity index (χ3v) is 1.98. The number of para-hydroxylation sites is 1. The van der Waals surface area contributed by atoms with Crippen molar-refractivity contribution in [2.75, 3.05) is 11.9 Å². The van der Waals surface area contributed by atoms with Gasteiger partial charge in [0.25, 0.3) is 0 Å². The van der Waals surface area contributed by atoms with E-state index in [1.165, 1.54) is 6.08 Å². The van der Waals surface area contributed by atoms with Crippen molar-refractivity contribution < 1.29 is 9.53 Å². The Labute approximate surface area is 96.1 Å². The topological polar surface area (TPSA) is 38.3 Å². The van der Waals surface area contributed by atoms with Gasteiger partial charge in [0.2, 0.25) is 0 Å². The lowest BCUT2D eigenvalue weighted by Gasteiger charge is -2.10. The lowest BCUT2D eigenvalue weighted by molar-refractivity contribution is -0.137. The molecule has 86 valence electrons. The highest BCUT2D eigenvalue weighted by Crippen LogP contribution is 2.07. The smallest absolute Gasteiger partial charge is 0.330 e. The Bertz CT molecular complexity index is 346. The molecule has 0 spiro atoms. The number of ether oxygens (including phenoxy) is 1. The average molecular weight is 219 g/mol. The van der Waals surface area contributed by atoms with E-state index in [4.69, 9.17) is 4.74 Å². The Morgan fingerprint density at radius 3 is 2.75 bits per heavy atom. The van der Waals surface area contributed by atoms with Crippen LogP contribution in [0.4, 0.5) is 5.69 Å². The first-order valence-corrected chi connectivity index (χ1v) is 5.39. The van der Waals surface area contributed by atoms with Crippen LogP contribution < -0.4 is 5.32 Å². The maximum Gasteiger partial charge on any atom is 0.330 e. The molecule has 0 fully saturated rings. The second-order valence-corrected chi connectivity index (χ2v) is 3.41. The zero-order valence-corrected chi connectivity index (χ0v) is 9.64. The van der Waals surface area contributed by atoms with Crippen LogP contribution in [0.25, 0.3) is 0 Å². The van der Waals surface area contributed by atoms with Crippen LogP contribution in [0.5, 0.6) is 0 Å². The zero-order chi connectivity index (χ0) is 11.8. The first-order chi connectivity index (χ1) is 7.72. The quantitative estimate of drug-likeness (QED) is 0.611. The summed E-state index contributed by atoms with van der Waals surface area (Å²) < 4.78 is 4.79. The van der Waals surface area contributed by atoms with Gasteiger partial charge in [0.15, 0.2) is 0 Å². The van der Waals surface area contributed by atoms with Crippen molar-refractivity contribution in [3.8, 4) is 0 Å². The lowest BCUT2D eigenvalue weighted by atomic mass is 10.2. The molecule has 0 bridgehead atoms. The molecular formula is C13H17NO2. The van der Waals surface area contributed by atoms with Crippen molar-refractivity contribution >= 4 is 11.7 Å². The minimum Gasteiger partial charge on any atom is -0.463 e. The summed E-state index contributed by atoms with van der Waals surface area (Å²) in [5.74, 6) is -0.302. The van der Waals surface area contributed by atoms with Crippen molar-refractivity contribution in [2.45, 2.75) is 19.9 Å². The molecule has 0 heterocycles. The van der Waals surface area contributed by atoms with Crippen LogP contribution in [0, 0.1) is 0 Å². The van der Waals surface area contributed by atoms with Gasteiger partial charge in [-0.25, -0.2) is 4.79 Å². The molecule has 1 N–H and O–H groups in total. The molecule has 0 unspecified atom stereocenters. The molecule has 3 heteroatoms. The molecule has 3 nitrogen and oxygen atoms in total. The number of hydrogen-bond donors (Lipinski definition) is 1. The molecule has 0 radical (unpaired) electrons. The van der Waals surface area contributed by atoms with E-state index in [0.29, 0.717) is 6.61 Å². The van der Waals surface area contributed by atoms with Crippen molar-refractivity contribution in [1.29, 1.82) is 0 Å². The predicted octanol–water partition coefficient (Wildman–Crippen LogP) is 2.61. The highest BCUT2D eigenvalue weighted by molar-refractivity contribution is 5.82. The van der Waals surface area contributed by atoms with E-state index in [1.54, 1.807) is 13.0 Å². The van der Waals surface area contributed by atoms with Crippen LogP contribution in [-0.2, 0) is 9.53 Å². The summed E-state index contributed by atoms with van der Waals surface area (Å²) in [6, 6.07) is 9.94. The molecule has 0 saturated heterocycles. The van der Waals surface area contributed by atoms with E-state index in [2.05, 4.69) is 5.32 Å². The van der Waals surface area contributed by atoms with Crippen LogP contribution in [0.15, 0.2) is 42.5 Å². The molecule has 0 saturated carbocycles. The van der Waals surface area contributed by atoms with Gasteiger partial charge in [0, 0.05) is 17.8 Å². The van der Waals surface area contributed by atoms with Gasteiger partial charge in [-0.2, -0.15) is 0 Å². The van der Waals surface area contributed by atoms with Gasteiger partial charge >= 0.3 is 5.97 Å². The number of benzene rings is 1. The first kappa shape index (κ1) is 12.3. The monoisotopic (exact) mass is 219 g/mol. The Kier molecular flexibility index (Phi) is 5.12. The molecule has 1 atom stereocenters. The molecule has 0 aromatic heterocycles. The molecule has 1 rings (SSSR count). The lowest BCUT2D eigenvalue weighted by Crippen LogP contribution is -2.12. The van der Waals surface area contributed by atoms with E-state index >= 15 is 0 Å². The molecule has 0 amide bonds. The first-order valence-electron chi connectivity index (χ1n) is 5.39. The number of esters is 1. The van der Waals surface area contributed by atoms with Gasteiger partial charge in [-0.05, 0) is 26.0 Å². The van der Waals surface area contributed by atoms with Crippen LogP contribution in [0.3, 0.4) is 0 Å². The van der Waals surface area contributed by atoms with Crippen molar-refractivity contribution in [3.63, 3.8) is 0 Å². The highest BCUT2D eigenvalue weighted by Gasteiger charge is 1.98. The summed E-state index contributed by atoms with van der Waals surface area (Å²) in [4.78, 5) is 11.1. The number of rotatable bonds is 5. The maximum absolute atomic E-state index is 11.1. The van der Waals surface area contributed by atoms with Crippen molar-refractivity contribution in [1.82, 2.24) is 0 Å². The third-order valence-electron chi connectivity index (χ3n) is 1.98. The minimum atomic E-state index is -0.302. The van der Waals surface area contributed by atoms with Gasteiger partial charge < -0.3 is 10.1 Å².